The van der Waals surface area contributed by atoms with Gasteiger partial charge in [0.1, 0.15) is 23.8 Å². The number of nitrogens with one attached hydrogen (secondary N) is 1. The van der Waals surface area contributed by atoms with Crippen LogP contribution in [0.15, 0.2) is 66.4 Å². The van der Waals surface area contributed by atoms with E-state index in [4.69, 9.17) is 26.4 Å². The number of hydrogen-bond donors (Lipinski definition) is 1. The van der Waals surface area contributed by atoms with Crippen molar-refractivity contribution in [2.75, 3.05) is 18.6 Å². The Balaban J connectivity index is 1.56. The van der Waals surface area contributed by atoms with Gasteiger partial charge in [-0.2, -0.15) is 0 Å². The van der Waals surface area contributed by atoms with Gasteiger partial charge in [-0.1, -0.05) is 12.1 Å². The van der Waals surface area contributed by atoms with Crippen molar-refractivity contribution in [3.8, 4) is 17.2 Å². The van der Waals surface area contributed by atoms with Crippen LogP contribution >= 0.6 is 12.2 Å². The van der Waals surface area contributed by atoms with Crippen molar-refractivity contribution in [1.29, 1.82) is 0 Å². The molecule has 0 bridgehead atoms. The highest BCUT2D eigenvalue weighted by Gasteiger charge is 2.32. The van der Waals surface area contributed by atoms with Crippen molar-refractivity contribution < 1.29 is 23.9 Å². The summed E-state index contributed by atoms with van der Waals surface area (Å²) in [6, 6.07) is 17.2. The molecule has 3 aromatic carbocycles. The number of nitrogens with zero attached hydrogens (tertiary/aromatic N) is 2. The first-order valence-corrected chi connectivity index (χ1v) is 11.9. The third-order valence-electron chi connectivity index (χ3n) is 5.59. The second-order valence-electron chi connectivity index (χ2n) is 8.14. The average Bonchev–Trinajstić information content (AvgIpc) is 3.16. The number of rotatable bonds is 9. The molecule has 0 saturated carbocycles. The van der Waals surface area contributed by atoms with Crippen molar-refractivity contribution in [2.24, 2.45) is 0 Å². The van der Waals surface area contributed by atoms with Gasteiger partial charge in [0.25, 0.3) is 5.91 Å². The first kappa shape index (κ1) is 25.6. The Morgan fingerprint density at radius 2 is 1.78 bits per heavy atom. The van der Waals surface area contributed by atoms with Crippen LogP contribution in [0.3, 0.4) is 0 Å². The number of aryl methyl sites for hydroxylation is 1. The number of thiocarbonyl (C=S) groups is 1. The van der Waals surface area contributed by atoms with Gasteiger partial charge in [0.2, 0.25) is 0 Å². The van der Waals surface area contributed by atoms with Crippen molar-refractivity contribution in [3.63, 3.8) is 0 Å². The lowest BCUT2D eigenvalue weighted by atomic mass is 10.1. The van der Waals surface area contributed by atoms with Crippen molar-refractivity contribution in [3.05, 3.63) is 93.2 Å². The zero-order valence-electron chi connectivity index (χ0n) is 20.5. The van der Waals surface area contributed by atoms with Gasteiger partial charge >= 0.3 is 5.69 Å². The molecule has 0 aromatic heterocycles. The van der Waals surface area contributed by atoms with E-state index in [0.717, 1.165) is 5.56 Å². The first-order chi connectivity index (χ1) is 17.8. The van der Waals surface area contributed by atoms with E-state index >= 15 is 0 Å². The Kier molecular flexibility index (Phi) is 7.69. The topological polar surface area (TPSA) is 103 Å². The Bertz CT molecular complexity index is 1390. The molecule has 37 heavy (non-hydrogen) atoms. The van der Waals surface area contributed by atoms with Crippen LogP contribution in [0.25, 0.3) is 6.08 Å². The Morgan fingerprint density at radius 3 is 2.46 bits per heavy atom. The third-order valence-corrected chi connectivity index (χ3v) is 5.88. The van der Waals surface area contributed by atoms with Crippen LogP contribution < -0.4 is 24.4 Å². The molecule has 3 aromatic rings. The Labute approximate surface area is 219 Å². The molecule has 0 unspecified atom stereocenters. The van der Waals surface area contributed by atoms with Gasteiger partial charge in [0.15, 0.2) is 10.9 Å². The van der Waals surface area contributed by atoms with Gasteiger partial charge in [-0.3, -0.25) is 19.8 Å². The summed E-state index contributed by atoms with van der Waals surface area (Å²) >= 11 is 5.41. The second-order valence-corrected chi connectivity index (χ2v) is 8.53. The molecule has 1 N–H and O–H groups in total. The SMILES string of the molecule is CCOc1ccc(N2C(=O)/C(=C\c3ccc(OC)c(COc4ccc(C)cc4[N+](=O)[O-])c3)NC2=S)cc1. The summed E-state index contributed by atoms with van der Waals surface area (Å²) in [5.74, 6) is 1.12. The number of nitro benzene ring substituents is 1. The summed E-state index contributed by atoms with van der Waals surface area (Å²) in [7, 11) is 1.53. The van der Waals surface area contributed by atoms with E-state index in [0.29, 0.717) is 40.6 Å². The van der Waals surface area contributed by atoms with Crippen LogP contribution in [0, 0.1) is 17.0 Å². The number of carbonyl (C=O) groups is 1. The lowest BCUT2D eigenvalue weighted by molar-refractivity contribution is -0.386. The van der Waals surface area contributed by atoms with Crippen LogP contribution in [0.1, 0.15) is 23.6 Å². The molecule has 0 spiro atoms. The maximum atomic E-state index is 13.1. The zero-order valence-corrected chi connectivity index (χ0v) is 21.3. The normalized spacial score (nSPS) is 14.0. The monoisotopic (exact) mass is 519 g/mol. The Morgan fingerprint density at radius 1 is 1.05 bits per heavy atom. The van der Waals surface area contributed by atoms with E-state index in [2.05, 4.69) is 5.32 Å². The molecule has 10 heteroatoms. The van der Waals surface area contributed by atoms with Gasteiger partial charge in [0, 0.05) is 11.6 Å². The van der Waals surface area contributed by atoms with Gasteiger partial charge in [-0.25, -0.2) is 0 Å². The van der Waals surface area contributed by atoms with Crippen LogP contribution in [0.2, 0.25) is 0 Å². The standard InChI is InChI=1S/C27H25N3O6S/c1-4-35-21-9-7-20(8-10-21)29-26(31)22(28-27(29)37)15-18-6-12-24(34-3)19(14-18)16-36-25-11-5-17(2)13-23(25)30(32)33/h5-15H,4,16H2,1-3H3,(H,28,37)/b22-15+. The average molecular weight is 520 g/mol. The summed E-state index contributed by atoms with van der Waals surface area (Å²) in [6.07, 6.45) is 1.68. The summed E-state index contributed by atoms with van der Waals surface area (Å²) in [6.45, 7) is 4.25. The molecular formula is C27H25N3O6S. The molecule has 9 nitrogen and oxygen atoms in total. The lowest BCUT2D eigenvalue weighted by Gasteiger charge is -2.14. The maximum Gasteiger partial charge on any atom is 0.311 e. The van der Waals surface area contributed by atoms with E-state index < -0.39 is 4.92 Å². The minimum atomic E-state index is -0.475. The maximum absolute atomic E-state index is 13.1. The highest BCUT2D eigenvalue weighted by Crippen LogP contribution is 2.31. The molecule has 1 aliphatic rings. The molecule has 4 rings (SSSR count). The number of hydrogen-bond acceptors (Lipinski definition) is 7. The highest BCUT2D eigenvalue weighted by molar-refractivity contribution is 7.80. The number of anilines is 1. The van der Waals surface area contributed by atoms with E-state index in [-0.39, 0.29) is 29.1 Å². The summed E-state index contributed by atoms with van der Waals surface area (Å²) in [5.41, 5.74) is 2.94. The minimum absolute atomic E-state index is 0.0299. The second kappa shape index (κ2) is 11.1. The van der Waals surface area contributed by atoms with Crippen LogP contribution in [-0.4, -0.2) is 29.7 Å². The molecule has 0 aliphatic carbocycles. The van der Waals surface area contributed by atoms with Crippen LogP contribution in [0.4, 0.5) is 11.4 Å². The number of ether oxygens (including phenoxy) is 3. The molecule has 0 radical (unpaired) electrons. The van der Waals surface area contributed by atoms with E-state index in [1.165, 1.54) is 18.1 Å². The van der Waals surface area contributed by atoms with E-state index in [9.17, 15) is 14.9 Å². The first-order valence-electron chi connectivity index (χ1n) is 11.5. The van der Waals surface area contributed by atoms with Crippen molar-refractivity contribution in [2.45, 2.75) is 20.5 Å². The zero-order chi connectivity index (χ0) is 26.5. The fourth-order valence-electron chi connectivity index (χ4n) is 3.84. The fraction of sp³-hybridized carbons (Fsp3) is 0.185. The fourth-order valence-corrected chi connectivity index (χ4v) is 4.14. The lowest BCUT2D eigenvalue weighted by Crippen LogP contribution is -2.30. The predicted octanol–water partition coefficient (Wildman–Crippen LogP) is 5.15. The number of carbonyl (C=O) groups excluding carboxylic acids is 1. The molecule has 190 valence electrons. The largest absolute Gasteiger partial charge is 0.496 e. The highest BCUT2D eigenvalue weighted by atomic mass is 32.1. The molecule has 1 heterocycles. The van der Waals surface area contributed by atoms with Gasteiger partial charge in [0.05, 0.1) is 24.3 Å². The van der Waals surface area contributed by atoms with Gasteiger partial charge in [-0.05, 0) is 85.7 Å². The number of amides is 1. The molecule has 0 atom stereocenters. The number of nitro groups is 1. The molecule has 1 aliphatic heterocycles. The molecular weight excluding hydrogens is 494 g/mol. The van der Waals surface area contributed by atoms with Crippen molar-refractivity contribution in [1.82, 2.24) is 5.32 Å². The summed E-state index contributed by atoms with van der Waals surface area (Å²) in [4.78, 5) is 25.5. The molecule has 1 amide bonds. The predicted molar refractivity (Wildman–Crippen MR) is 144 cm³/mol. The summed E-state index contributed by atoms with van der Waals surface area (Å²) in [5, 5.41) is 14.7. The van der Waals surface area contributed by atoms with Crippen LogP contribution in [-0.2, 0) is 11.4 Å². The van der Waals surface area contributed by atoms with E-state index in [1.807, 2.05) is 6.92 Å². The van der Waals surface area contributed by atoms with Crippen molar-refractivity contribution >= 4 is 40.7 Å². The van der Waals surface area contributed by atoms with Gasteiger partial charge < -0.3 is 19.5 Å². The quantitative estimate of drug-likeness (QED) is 0.179. The molecule has 1 saturated heterocycles. The minimum Gasteiger partial charge on any atom is -0.496 e. The molecule has 1 fully saturated rings. The van der Waals surface area contributed by atoms with Gasteiger partial charge in [-0.15, -0.1) is 0 Å². The number of methoxy groups -OCH3 is 1. The Hall–Kier alpha value is -4.44. The number of benzene rings is 3. The van der Waals surface area contributed by atoms with E-state index in [1.54, 1.807) is 67.6 Å². The smallest absolute Gasteiger partial charge is 0.311 e. The third kappa shape index (κ3) is 5.70. The summed E-state index contributed by atoms with van der Waals surface area (Å²) < 4.78 is 16.7. The van der Waals surface area contributed by atoms with Crippen LogP contribution in [0.5, 0.6) is 17.2 Å².